The van der Waals surface area contributed by atoms with Crippen LogP contribution in [-0.2, 0) is 0 Å². The summed E-state index contributed by atoms with van der Waals surface area (Å²) in [4.78, 5) is 12.4. The molecule has 0 unspecified atom stereocenters. The van der Waals surface area contributed by atoms with Crippen molar-refractivity contribution in [2.75, 3.05) is 11.9 Å². The van der Waals surface area contributed by atoms with E-state index >= 15 is 0 Å². The molecule has 3 heteroatoms. The third-order valence-corrected chi connectivity index (χ3v) is 2.98. The second-order valence-electron chi connectivity index (χ2n) is 5.52. The minimum absolute atomic E-state index is 0.153. The van der Waals surface area contributed by atoms with Gasteiger partial charge in [-0.15, -0.1) is 0 Å². The van der Waals surface area contributed by atoms with Crippen molar-refractivity contribution in [2.24, 2.45) is 5.92 Å². The normalized spacial score (nSPS) is 10.5. The Bertz CT molecular complexity index is 620. The molecule has 0 fully saturated rings. The fourth-order valence-corrected chi connectivity index (χ4v) is 1.96. The van der Waals surface area contributed by atoms with E-state index in [1.54, 1.807) is 6.07 Å². The molecule has 1 amide bonds. The number of amides is 1. The highest BCUT2D eigenvalue weighted by molar-refractivity contribution is 6.06. The van der Waals surface area contributed by atoms with Crippen LogP contribution in [0.3, 0.4) is 0 Å². The maximum atomic E-state index is 12.4. The van der Waals surface area contributed by atoms with Gasteiger partial charge in [-0.3, -0.25) is 4.79 Å². The van der Waals surface area contributed by atoms with Crippen molar-refractivity contribution in [3.63, 3.8) is 0 Å². The van der Waals surface area contributed by atoms with Gasteiger partial charge >= 0.3 is 0 Å². The van der Waals surface area contributed by atoms with Gasteiger partial charge in [0.25, 0.3) is 5.91 Å². The van der Waals surface area contributed by atoms with Crippen molar-refractivity contribution >= 4 is 11.6 Å². The Balaban J connectivity index is 2.15. The van der Waals surface area contributed by atoms with Crippen LogP contribution in [0.5, 0.6) is 5.75 Å². The lowest BCUT2D eigenvalue weighted by Crippen LogP contribution is -2.15. The lowest BCUT2D eigenvalue weighted by molar-refractivity contribution is 0.102. The summed E-state index contributed by atoms with van der Waals surface area (Å²) in [6.45, 7) is 6.74. The van der Waals surface area contributed by atoms with E-state index in [2.05, 4.69) is 19.2 Å². The number of anilines is 1. The van der Waals surface area contributed by atoms with Gasteiger partial charge in [-0.05, 0) is 42.7 Å². The quantitative estimate of drug-likeness (QED) is 0.889. The zero-order chi connectivity index (χ0) is 15.2. The van der Waals surface area contributed by atoms with Gasteiger partial charge in [0.05, 0.1) is 12.2 Å². The number of rotatable bonds is 5. The van der Waals surface area contributed by atoms with Gasteiger partial charge in [-0.25, -0.2) is 0 Å². The van der Waals surface area contributed by atoms with E-state index in [0.717, 1.165) is 11.3 Å². The molecule has 2 aromatic carbocycles. The fraction of sp³-hybridized carbons (Fsp3) is 0.278. The highest BCUT2D eigenvalue weighted by Gasteiger charge is 2.12. The van der Waals surface area contributed by atoms with Gasteiger partial charge in [-0.1, -0.05) is 38.1 Å². The van der Waals surface area contributed by atoms with Crippen LogP contribution in [-0.4, -0.2) is 12.5 Å². The predicted octanol–water partition coefficient (Wildman–Crippen LogP) is 4.28. The number of aryl methyl sites for hydroxylation is 1. The van der Waals surface area contributed by atoms with Crippen molar-refractivity contribution < 1.29 is 9.53 Å². The first kappa shape index (κ1) is 15.1. The highest BCUT2D eigenvalue weighted by Crippen LogP contribution is 2.20. The molecule has 1 N–H and O–H groups in total. The summed E-state index contributed by atoms with van der Waals surface area (Å²) >= 11 is 0. The number of hydrogen-bond acceptors (Lipinski definition) is 2. The molecule has 0 aliphatic carbocycles. The summed E-state index contributed by atoms with van der Waals surface area (Å²) in [5, 5.41) is 2.91. The first-order valence-electron chi connectivity index (χ1n) is 7.16. The first-order chi connectivity index (χ1) is 10.1. The van der Waals surface area contributed by atoms with Crippen molar-refractivity contribution in [1.29, 1.82) is 0 Å². The zero-order valence-electron chi connectivity index (χ0n) is 12.7. The summed E-state index contributed by atoms with van der Waals surface area (Å²) in [6, 6.07) is 15.1. The van der Waals surface area contributed by atoms with Gasteiger partial charge in [0.15, 0.2) is 0 Å². The molecule has 2 rings (SSSR count). The van der Waals surface area contributed by atoms with Crippen LogP contribution in [0.2, 0.25) is 0 Å². The summed E-state index contributed by atoms with van der Waals surface area (Å²) in [7, 11) is 0. The van der Waals surface area contributed by atoms with Crippen LogP contribution in [0, 0.1) is 12.8 Å². The Labute approximate surface area is 126 Å². The number of para-hydroxylation sites is 1. The van der Waals surface area contributed by atoms with E-state index in [4.69, 9.17) is 4.74 Å². The molecule has 0 atom stereocenters. The average Bonchev–Trinajstić information content (AvgIpc) is 2.45. The molecule has 0 bridgehead atoms. The average molecular weight is 283 g/mol. The van der Waals surface area contributed by atoms with Crippen LogP contribution in [0.1, 0.15) is 29.8 Å². The van der Waals surface area contributed by atoms with Gasteiger partial charge in [0.2, 0.25) is 0 Å². The lowest BCUT2D eigenvalue weighted by atomic mass is 10.1. The molecular weight excluding hydrogens is 262 g/mol. The molecule has 110 valence electrons. The number of nitrogens with one attached hydrogen (secondary N) is 1. The molecule has 0 aliphatic heterocycles. The second-order valence-corrected chi connectivity index (χ2v) is 5.52. The third-order valence-electron chi connectivity index (χ3n) is 2.98. The number of carbonyl (C=O) groups excluding carboxylic acids is 1. The molecule has 0 aromatic heterocycles. The van der Waals surface area contributed by atoms with Gasteiger partial charge in [0.1, 0.15) is 5.75 Å². The van der Waals surface area contributed by atoms with Crippen molar-refractivity contribution in [3.8, 4) is 5.75 Å². The number of ether oxygens (including phenoxy) is 1. The smallest absolute Gasteiger partial charge is 0.259 e. The van der Waals surface area contributed by atoms with Gasteiger partial charge < -0.3 is 10.1 Å². The van der Waals surface area contributed by atoms with E-state index in [9.17, 15) is 4.79 Å². The molecule has 0 heterocycles. The van der Waals surface area contributed by atoms with Crippen LogP contribution in [0.15, 0.2) is 48.5 Å². The summed E-state index contributed by atoms with van der Waals surface area (Å²) < 4.78 is 5.72. The Hall–Kier alpha value is -2.29. The van der Waals surface area contributed by atoms with E-state index in [0.29, 0.717) is 23.8 Å². The molecule has 2 aromatic rings. The maximum absolute atomic E-state index is 12.4. The number of carbonyl (C=O) groups is 1. The molecule has 0 saturated heterocycles. The highest BCUT2D eigenvalue weighted by atomic mass is 16.5. The van der Waals surface area contributed by atoms with Gasteiger partial charge in [0, 0.05) is 5.69 Å². The zero-order valence-corrected chi connectivity index (χ0v) is 12.7. The molecule has 21 heavy (non-hydrogen) atoms. The molecule has 0 saturated carbocycles. The first-order valence-corrected chi connectivity index (χ1v) is 7.16. The maximum Gasteiger partial charge on any atom is 0.259 e. The summed E-state index contributed by atoms with van der Waals surface area (Å²) in [5.74, 6) is 0.884. The molecule has 0 spiro atoms. The fourth-order valence-electron chi connectivity index (χ4n) is 1.96. The van der Waals surface area contributed by atoms with Crippen LogP contribution in [0.4, 0.5) is 5.69 Å². The van der Waals surface area contributed by atoms with Crippen LogP contribution < -0.4 is 10.1 Å². The Kier molecular flexibility index (Phi) is 4.99. The van der Waals surface area contributed by atoms with Crippen molar-refractivity contribution in [3.05, 3.63) is 59.7 Å². The Morgan fingerprint density at radius 1 is 1.14 bits per heavy atom. The van der Waals surface area contributed by atoms with E-state index in [1.807, 2.05) is 49.4 Å². The van der Waals surface area contributed by atoms with E-state index in [-0.39, 0.29) is 5.91 Å². The molecule has 3 nitrogen and oxygen atoms in total. The van der Waals surface area contributed by atoms with Crippen LogP contribution >= 0.6 is 0 Å². The van der Waals surface area contributed by atoms with Crippen molar-refractivity contribution in [2.45, 2.75) is 20.8 Å². The Morgan fingerprint density at radius 2 is 1.90 bits per heavy atom. The molecular formula is C18H21NO2. The van der Waals surface area contributed by atoms with Gasteiger partial charge in [-0.2, -0.15) is 0 Å². The lowest BCUT2D eigenvalue weighted by Gasteiger charge is -2.13. The Morgan fingerprint density at radius 3 is 2.62 bits per heavy atom. The minimum Gasteiger partial charge on any atom is -0.492 e. The largest absolute Gasteiger partial charge is 0.492 e. The monoisotopic (exact) mass is 283 g/mol. The summed E-state index contributed by atoms with van der Waals surface area (Å²) in [5.41, 5.74) is 2.45. The van der Waals surface area contributed by atoms with E-state index < -0.39 is 0 Å². The predicted molar refractivity (Wildman–Crippen MR) is 85.9 cm³/mol. The molecule has 0 radical (unpaired) electrons. The number of benzene rings is 2. The van der Waals surface area contributed by atoms with Crippen molar-refractivity contribution in [1.82, 2.24) is 0 Å². The number of hydrogen-bond donors (Lipinski definition) is 1. The summed E-state index contributed by atoms with van der Waals surface area (Å²) in [6.07, 6.45) is 0. The standard InChI is InChI=1S/C18H21NO2/c1-13(2)12-21-17-10-5-4-9-16(17)18(20)19-15-8-6-7-14(3)11-15/h4-11,13H,12H2,1-3H3,(H,19,20). The molecule has 0 aliphatic rings. The minimum atomic E-state index is -0.153. The second kappa shape index (κ2) is 6.93. The topological polar surface area (TPSA) is 38.3 Å². The third kappa shape index (κ3) is 4.35. The SMILES string of the molecule is Cc1cccc(NC(=O)c2ccccc2OCC(C)C)c1. The van der Waals surface area contributed by atoms with Crippen LogP contribution in [0.25, 0.3) is 0 Å². The van der Waals surface area contributed by atoms with E-state index in [1.165, 1.54) is 0 Å².